The van der Waals surface area contributed by atoms with E-state index in [9.17, 15) is 18.4 Å². The summed E-state index contributed by atoms with van der Waals surface area (Å²) in [5, 5.41) is 2.83. The van der Waals surface area contributed by atoms with Crippen LogP contribution in [0.5, 0.6) is 5.75 Å². The van der Waals surface area contributed by atoms with E-state index in [-0.39, 0.29) is 23.5 Å². The maximum Gasteiger partial charge on any atom is 0.387 e. The van der Waals surface area contributed by atoms with Crippen LogP contribution in [-0.4, -0.2) is 25.0 Å². The number of aryl methyl sites for hydroxylation is 1. The fourth-order valence-electron chi connectivity index (χ4n) is 3.45. The first kappa shape index (κ1) is 18.4. The van der Waals surface area contributed by atoms with Crippen LogP contribution in [0.25, 0.3) is 0 Å². The molecule has 1 fully saturated rings. The molecule has 2 amide bonds. The maximum absolute atomic E-state index is 13.0. The van der Waals surface area contributed by atoms with Crippen molar-refractivity contribution in [3.63, 3.8) is 0 Å². The first-order valence-electron chi connectivity index (χ1n) is 9.32. The molecule has 0 spiro atoms. The molecule has 0 saturated heterocycles. The van der Waals surface area contributed by atoms with Crippen molar-refractivity contribution in [2.75, 3.05) is 16.8 Å². The molecule has 4 rings (SSSR count). The van der Waals surface area contributed by atoms with E-state index < -0.39 is 6.61 Å². The maximum atomic E-state index is 13.0. The third-order valence-electron chi connectivity index (χ3n) is 4.99. The van der Waals surface area contributed by atoms with Crippen LogP contribution in [-0.2, 0) is 11.2 Å². The number of benzene rings is 2. The van der Waals surface area contributed by atoms with E-state index >= 15 is 0 Å². The number of alkyl halides is 2. The Morgan fingerprint density at radius 3 is 2.54 bits per heavy atom. The summed E-state index contributed by atoms with van der Waals surface area (Å²) in [4.78, 5) is 26.4. The third-order valence-corrected chi connectivity index (χ3v) is 4.99. The van der Waals surface area contributed by atoms with Crippen LogP contribution in [0.2, 0.25) is 0 Å². The van der Waals surface area contributed by atoms with Crippen LogP contribution in [0.3, 0.4) is 0 Å². The number of halogens is 2. The molecule has 0 unspecified atom stereocenters. The van der Waals surface area contributed by atoms with E-state index in [1.807, 2.05) is 6.07 Å². The van der Waals surface area contributed by atoms with E-state index in [0.29, 0.717) is 29.9 Å². The van der Waals surface area contributed by atoms with Gasteiger partial charge in [0.1, 0.15) is 5.75 Å². The number of nitrogens with zero attached hydrogens (tertiary/aromatic N) is 1. The molecule has 0 atom stereocenters. The zero-order valence-electron chi connectivity index (χ0n) is 15.2. The van der Waals surface area contributed by atoms with Crippen LogP contribution in [0, 0.1) is 5.92 Å². The number of rotatable bonds is 5. The smallest absolute Gasteiger partial charge is 0.387 e. The first-order chi connectivity index (χ1) is 13.5. The lowest BCUT2D eigenvalue weighted by Gasteiger charge is -2.31. The fourth-order valence-corrected chi connectivity index (χ4v) is 3.45. The van der Waals surface area contributed by atoms with Crippen LogP contribution >= 0.6 is 0 Å². The Morgan fingerprint density at radius 1 is 1.11 bits per heavy atom. The Labute approximate surface area is 161 Å². The van der Waals surface area contributed by atoms with Crippen LogP contribution in [0.15, 0.2) is 42.5 Å². The van der Waals surface area contributed by atoms with Crippen LogP contribution in [0.4, 0.5) is 20.2 Å². The second kappa shape index (κ2) is 7.58. The number of anilines is 2. The summed E-state index contributed by atoms with van der Waals surface area (Å²) in [6.45, 7) is -2.53. The lowest BCUT2D eigenvalue weighted by Crippen LogP contribution is -2.36. The number of fused-ring (bicyclic) bond motifs is 1. The van der Waals surface area contributed by atoms with Gasteiger partial charge in [0.05, 0.1) is 5.69 Å². The number of hydrogen-bond acceptors (Lipinski definition) is 3. The van der Waals surface area contributed by atoms with Crippen molar-refractivity contribution >= 4 is 23.2 Å². The van der Waals surface area contributed by atoms with Crippen molar-refractivity contribution in [1.29, 1.82) is 0 Å². The normalized spacial score (nSPS) is 15.9. The second-order valence-electron chi connectivity index (χ2n) is 7.04. The van der Waals surface area contributed by atoms with E-state index in [0.717, 1.165) is 24.8 Å². The molecule has 1 heterocycles. The highest BCUT2D eigenvalue weighted by molar-refractivity contribution is 6.08. The molecule has 7 heteroatoms. The third kappa shape index (κ3) is 3.83. The van der Waals surface area contributed by atoms with E-state index in [2.05, 4.69) is 10.1 Å². The van der Waals surface area contributed by atoms with Gasteiger partial charge in [-0.2, -0.15) is 8.78 Å². The minimum Gasteiger partial charge on any atom is -0.433 e. The average Bonchev–Trinajstić information content (AvgIpc) is 3.53. The van der Waals surface area contributed by atoms with Crippen molar-refractivity contribution < 1.29 is 23.1 Å². The first-order valence-corrected chi connectivity index (χ1v) is 9.32. The highest BCUT2D eigenvalue weighted by atomic mass is 19.3. The predicted molar refractivity (Wildman–Crippen MR) is 101 cm³/mol. The highest BCUT2D eigenvalue weighted by Gasteiger charge is 2.30. The molecule has 2 aliphatic rings. The van der Waals surface area contributed by atoms with Gasteiger partial charge in [0.2, 0.25) is 5.91 Å². The minimum absolute atomic E-state index is 0.00201. The number of ether oxygens (including phenoxy) is 1. The molecule has 0 bridgehead atoms. The van der Waals surface area contributed by atoms with Crippen molar-refractivity contribution in [2.45, 2.75) is 32.3 Å². The zero-order chi connectivity index (χ0) is 19.7. The van der Waals surface area contributed by atoms with Gasteiger partial charge in [-0.25, -0.2) is 0 Å². The molecule has 5 nitrogen and oxygen atoms in total. The second-order valence-corrected chi connectivity index (χ2v) is 7.04. The van der Waals surface area contributed by atoms with E-state index in [4.69, 9.17) is 0 Å². The molecular formula is C21H20F2N2O3. The number of nitrogens with one attached hydrogen (secondary N) is 1. The Bertz CT molecular complexity index is 895. The fraction of sp³-hybridized carbons (Fsp3) is 0.333. The molecule has 1 N–H and O–H groups in total. The lowest BCUT2D eigenvalue weighted by molar-refractivity contribution is -0.117. The Kier molecular flexibility index (Phi) is 4.98. The minimum atomic E-state index is -2.96. The number of carbonyl (C=O) groups excluding carboxylic acids is 2. The molecule has 1 aliphatic carbocycles. The van der Waals surface area contributed by atoms with Gasteiger partial charge in [-0.05, 0) is 61.6 Å². The van der Waals surface area contributed by atoms with Gasteiger partial charge in [-0.1, -0.05) is 12.1 Å². The van der Waals surface area contributed by atoms with E-state index in [1.54, 1.807) is 30.3 Å². The molecule has 146 valence electrons. The summed E-state index contributed by atoms with van der Waals surface area (Å²) in [5.41, 5.74) is 2.27. The number of carbonyl (C=O) groups is 2. The van der Waals surface area contributed by atoms with Gasteiger partial charge >= 0.3 is 6.61 Å². The van der Waals surface area contributed by atoms with Gasteiger partial charge < -0.3 is 15.0 Å². The van der Waals surface area contributed by atoms with Gasteiger partial charge in [-0.3, -0.25) is 9.59 Å². The molecular weight excluding hydrogens is 366 g/mol. The summed E-state index contributed by atoms with van der Waals surface area (Å²) in [7, 11) is 0. The molecule has 1 saturated carbocycles. The summed E-state index contributed by atoms with van der Waals surface area (Å²) in [6, 6.07) is 11.6. The Balaban J connectivity index is 1.56. The van der Waals surface area contributed by atoms with Crippen LogP contribution < -0.4 is 15.0 Å². The average molecular weight is 386 g/mol. The van der Waals surface area contributed by atoms with Crippen molar-refractivity contribution in [2.24, 2.45) is 5.92 Å². The van der Waals surface area contributed by atoms with Gasteiger partial charge in [0, 0.05) is 23.7 Å². The molecule has 2 aromatic rings. The van der Waals surface area contributed by atoms with Crippen LogP contribution in [0.1, 0.15) is 35.2 Å². The predicted octanol–water partition coefficient (Wildman–Crippen LogP) is 4.23. The quantitative estimate of drug-likeness (QED) is 0.837. The Morgan fingerprint density at radius 2 is 1.86 bits per heavy atom. The van der Waals surface area contributed by atoms with Crippen molar-refractivity contribution in [3.05, 3.63) is 53.6 Å². The lowest BCUT2D eigenvalue weighted by atomic mass is 10.00. The zero-order valence-corrected chi connectivity index (χ0v) is 15.2. The van der Waals surface area contributed by atoms with Crippen molar-refractivity contribution in [1.82, 2.24) is 0 Å². The standard InChI is InChI=1S/C21H20F2N2O3/c22-21(23)28-17-5-1-3-13-4-2-12-25(18(13)17)20(27)15-8-10-16(11-9-15)24-19(26)14-6-7-14/h1,3,5,8-11,14,21H,2,4,6-7,12H2,(H,24,26). The number of para-hydroxylation sites is 1. The topological polar surface area (TPSA) is 58.6 Å². The number of hydrogen-bond donors (Lipinski definition) is 1. The summed E-state index contributed by atoms with van der Waals surface area (Å²) >= 11 is 0. The SMILES string of the molecule is O=C(Nc1ccc(C(=O)N2CCCc3cccc(OC(F)F)c32)cc1)C1CC1. The van der Waals surface area contributed by atoms with Gasteiger partial charge in [0.15, 0.2) is 0 Å². The van der Waals surface area contributed by atoms with Gasteiger partial charge in [-0.15, -0.1) is 0 Å². The van der Waals surface area contributed by atoms with Gasteiger partial charge in [0.25, 0.3) is 5.91 Å². The molecule has 2 aromatic carbocycles. The summed E-state index contributed by atoms with van der Waals surface area (Å²) < 4.78 is 30.2. The number of amides is 2. The molecule has 28 heavy (non-hydrogen) atoms. The molecule has 1 aliphatic heterocycles. The highest BCUT2D eigenvalue weighted by Crippen LogP contribution is 2.38. The largest absolute Gasteiger partial charge is 0.433 e. The van der Waals surface area contributed by atoms with Crippen molar-refractivity contribution in [3.8, 4) is 5.75 Å². The summed E-state index contributed by atoms with van der Waals surface area (Å²) in [6.07, 6.45) is 3.28. The molecule has 0 aromatic heterocycles. The summed E-state index contributed by atoms with van der Waals surface area (Å²) in [5.74, 6) is -0.183. The molecule has 0 radical (unpaired) electrons. The van der Waals surface area contributed by atoms with E-state index in [1.165, 1.54) is 11.0 Å². The Hall–Kier alpha value is -2.96. The monoisotopic (exact) mass is 386 g/mol.